The zero-order valence-electron chi connectivity index (χ0n) is 10.3. The second-order valence-electron chi connectivity index (χ2n) is 4.05. The molecule has 0 atom stereocenters. The standard InChI is InChI=1S/C12H10F3N3O2/c1-6-8(5-17-20-6)11(19)18-10-3-2-7(16)4-9(10)12(13,14)15/h2-5H,16H2,1H3,(H,18,19). The third-order valence-corrected chi connectivity index (χ3v) is 2.59. The molecule has 1 heterocycles. The first-order valence-electron chi connectivity index (χ1n) is 5.48. The summed E-state index contributed by atoms with van der Waals surface area (Å²) < 4.78 is 43.3. The van der Waals surface area contributed by atoms with Crippen molar-refractivity contribution in [3.63, 3.8) is 0 Å². The molecular formula is C12H10F3N3O2. The number of nitrogens with two attached hydrogens (primary N) is 1. The Morgan fingerprint density at radius 1 is 1.40 bits per heavy atom. The summed E-state index contributed by atoms with van der Waals surface area (Å²) in [5.74, 6) is -0.523. The van der Waals surface area contributed by atoms with Gasteiger partial charge >= 0.3 is 6.18 Å². The van der Waals surface area contributed by atoms with Gasteiger partial charge in [0.25, 0.3) is 5.91 Å². The molecule has 3 N–H and O–H groups in total. The highest BCUT2D eigenvalue weighted by Crippen LogP contribution is 2.36. The van der Waals surface area contributed by atoms with E-state index in [1.165, 1.54) is 13.0 Å². The summed E-state index contributed by atoms with van der Waals surface area (Å²) in [5.41, 5.74) is 3.96. The van der Waals surface area contributed by atoms with E-state index in [2.05, 4.69) is 15.0 Å². The van der Waals surface area contributed by atoms with Crippen LogP contribution in [0.4, 0.5) is 24.5 Å². The molecule has 0 bridgehead atoms. The number of aromatic nitrogens is 1. The molecule has 5 nitrogen and oxygen atoms in total. The van der Waals surface area contributed by atoms with Crippen LogP contribution in [0.15, 0.2) is 28.9 Å². The molecule has 0 spiro atoms. The first kappa shape index (κ1) is 13.9. The van der Waals surface area contributed by atoms with E-state index < -0.39 is 17.6 Å². The molecule has 8 heteroatoms. The second-order valence-corrected chi connectivity index (χ2v) is 4.05. The molecule has 20 heavy (non-hydrogen) atoms. The highest BCUT2D eigenvalue weighted by Gasteiger charge is 2.34. The first-order chi connectivity index (χ1) is 9.29. The highest BCUT2D eigenvalue weighted by molar-refractivity contribution is 6.05. The number of amides is 1. The van der Waals surface area contributed by atoms with Crippen molar-refractivity contribution >= 4 is 17.3 Å². The lowest BCUT2D eigenvalue weighted by Crippen LogP contribution is -2.17. The van der Waals surface area contributed by atoms with Gasteiger partial charge in [-0.1, -0.05) is 5.16 Å². The van der Waals surface area contributed by atoms with Gasteiger partial charge in [0.05, 0.1) is 17.4 Å². The van der Waals surface area contributed by atoms with Crippen molar-refractivity contribution < 1.29 is 22.5 Å². The van der Waals surface area contributed by atoms with Crippen LogP contribution < -0.4 is 11.1 Å². The lowest BCUT2D eigenvalue weighted by atomic mass is 10.1. The molecule has 1 aromatic heterocycles. The summed E-state index contributed by atoms with van der Waals surface area (Å²) in [7, 11) is 0. The highest BCUT2D eigenvalue weighted by atomic mass is 19.4. The van der Waals surface area contributed by atoms with Gasteiger partial charge in [-0.15, -0.1) is 0 Å². The zero-order chi connectivity index (χ0) is 14.9. The fraction of sp³-hybridized carbons (Fsp3) is 0.167. The zero-order valence-corrected chi connectivity index (χ0v) is 10.3. The molecule has 0 saturated heterocycles. The van der Waals surface area contributed by atoms with Gasteiger partial charge in [0.15, 0.2) is 0 Å². The van der Waals surface area contributed by atoms with E-state index in [9.17, 15) is 18.0 Å². The molecule has 0 saturated carbocycles. The minimum absolute atomic E-state index is 0.0449. The van der Waals surface area contributed by atoms with Gasteiger partial charge < -0.3 is 15.6 Å². The predicted octanol–water partition coefficient (Wildman–Crippen LogP) is 2.84. The van der Waals surface area contributed by atoms with Gasteiger partial charge in [-0.2, -0.15) is 13.2 Å². The topological polar surface area (TPSA) is 81.2 Å². The number of hydrogen-bond donors (Lipinski definition) is 2. The van der Waals surface area contributed by atoms with Crippen LogP contribution in [0.1, 0.15) is 21.7 Å². The minimum atomic E-state index is -4.62. The van der Waals surface area contributed by atoms with E-state index in [4.69, 9.17) is 5.73 Å². The molecule has 2 rings (SSSR count). The van der Waals surface area contributed by atoms with Gasteiger partial charge in [0.1, 0.15) is 11.3 Å². The van der Waals surface area contributed by atoms with E-state index in [0.29, 0.717) is 0 Å². The Hall–Kier alpha value is -2.51. The van der Waals surface area contributed by atoms with Crippen molar-refractivity contribution in [2.75, 3.05) is 11.1 Å². The van der Waals surface area contributed by atoms with E-state index >= 15 is 0 Å². The van der Waals surface area contributed by atoms with Crippen LogP contribution in [0, 0.1) is 6.92 Å². The fourth-order valence-corrected chi connectivity index (χ4v) is 1.61. The third kappa shape index (κ3) is 2.73. The van der Waals surface area contributed by atoms with Crippen LogP contribution >= 0.6 is 0 Å². The van der Waals surface area contributed by atoms with Crippen LogP contribution in [-0.2, 0) is 6.18 Å². The van der Waals surface area contributed by atoms with E-state index in [1.54, 1.807) is 0 Å². The maximum atomic E-state index is 12.9. The Bertz CT molecular complexity index is 650. The summed E-state index contributed by atoms with van der Waals surface area (Å²) >= 11 is 0. The average Bonchev–Trinajstić information content (AvgIpc) is 2.76. The molecule has 1 amide bonds. The Morgan fingerprint density at radius 3 is 2.65 bits per heavy atom. The number of carbonyl (C=O) groups is 1. The van der Waals surface area contributed by atoms with Gasteiger partial charge in [-0.25, -0.2) is 0 Å². The summed E-state index contributed by atoms with van der Waals surface area (Å²) in [6.07, 6.45) is -3.49. The molecule has 0 fully saturated rings. The number of hydrogen-bond acceptors (Lipinski definition) is 4. The van der Waals surface area contributed by atoms with Crippen LogP contribution in [0.5, 0.6) is 0 Å². The van der Waals surface area contributed by atoms with Crippen LogP contribution in [0.25, 0.3) is 0 Å². The minimum Gasteiger partial charge on any atom is -0.399 e. The van der Waals surface area contributed by atoms with Gasteiger partial charge in [-0.05, 0) is 25.1 Å². The quantitative estimate of drug-likeness (QED) is 0.831. The third-order valence-electron chi connectivity index (χ3n) is 2.59. The number of rotatable bonds is 2. The number of alkyl halides is 3. The smallest absolute Gasteiger partial charge is 0.399 e. The van der Waals surface area contributed by atoms with E-state index in [0.717, 1.165) is 18.3 Å². The fourth-order valence-electron chi connectivity index (χ4n) is 1.61. The van der Waals surface area contributed by atoms with Crippen molar-refractivity contribution in [3.05, 3.63) is 41.3 Å². The summed E-state index contributed by atoms with van der Waals surface area (Å²) in [4.78, 5) is 11.9. The largest absolute Gasteiger partial charge is 0.418 e. The van der Waals surface area contributed by atoms with E-state index in [1.807, 2.05) is 0 Å². The molecule has 0 aliphatic heterocycles. The van der Waals surface area contributed by atoms with Crippen LogP contribution in [-0.4, -0.2) is 11.1 Å². The van der Waals surface area contributed by atoms with E-state index in [-0.39, 0.29) is 22.7 Å². The van der Waals surface area contributed by atoms with Crippen molar-refractivity contribution in [1.82, 2.24) is 5.16 Å². The molecule has 0 aliphatic rings. The Kier molecular flexibility index (Phi) is 3.39. The SMILES string of the molecule is Cc1oncc1C(=O)Nc1ccc(N)cc1C(F)(F)F. The molecule has 0 radical (unpaired) electrons. The van der Waals surface area contributed by atoms with Crippen molar-refractivity contribution in [2.45, 2.75) is 13.1 Å². The van der Waals surface area contributed by atoms with Crippen LogP contribution in [0.3, 0.4) is 0 Å². The molecule has 0 unspecified atom stereocenters. The number of nitrogens with zero attached hydrogens (tertiary/aromatic N) is 1. The lowest BCUT2D eigenvalue weighted by molar-refractivity contribution is -0.136. The maximum absolute atomic E-state index is 12.9. The Morgan fingerprint density at radius 2 is 2.10 bits per heavy atom. The summed E-state index contributed by atoms with van der Waals surface area (Å²) in [6, 6.07) is 3.13. The number of benzene rings is 1. The van der Waals surface area contributed by atoms with Crippen molar-refractivity contribution in [2.24, 2.45) is 0 Å². The normalized spacial score (nSPS) is 11.4. The number of nitrogen functional groups attached to an aromatic ring is 1. The number of aryl methyl sites for hydroxylation is 1. The maximum Gasteiger partial charge on any atom is 0.418 e. The molecule has 1 aromatic carbocycles. The second kappa shape index (κ2) is 4.87. The lowest BCUT2D eigenvalue weighted by Gasteiger charge is -2.14. The Labute approximate surface area is 111 Å². The number of nitrogens with one attached hydrogen (secondary N) is 1. The monoisotopic (exact) mass is 285 g/mol. The molecule has 0 aliphatic carbocycles. The van der Waals surface area contributed by atoms with Crippen molar-refractivity contribution in [1.29, 1.82) is 0 Å². The number of anilines is 2. The Balaban J connectivity index is 2.35. The predicted molar refractivity (Wildman–Crippen MR) is 65.0 cm³/mol. The summed E-state index contributed by atoms with van der Waals surface area (Å²) in [6.45, 7) is 1.48. The molecular weight excluding hydrogens is 275 g/mol. The molecule has 2 aromatic rings. The summed E-state index contributed by atoms with van der Waals surface area (Å²) in [5, 5.41) is 5.56. The van der Waals surface area contributed by atoms with Gasteiger partial charge in [0, 0.05) is 5.69 Å². The van der Waals surface area contributed by atoms with Crippen molar-refractivity contribution in [3.8, 4) is 0 Å². The average molecular weight is 285 g/mol. The number of halogens is 3. The van der Waals surface area contributed by atoms with Gasteiger partial charge in [0.2, 0.25) is 0 Å². The first-order valence-corrected chi connectivity index (χ1v) is 5.48. The number of carbonyl (C=O) groups excluding carboxylic acids is 1. The van der Waals surface area contributed by atoms with Crippen LogP contribution in [0.2, 0.25) is 0 Å². The van der Waals surface area contributed by atoms with Gasteiger partial charge in [-0.3, -0.25) is 4.79 Å². The molecule has 106 valence electrons.